The molecule has 0 atom stereocenters. The van der Waals surface area contributed by atoms with Crippen molar-refractivity contribution >= 4 is 28.8 Å². The summed E-state index contributed by atoms with van der Waals surface area (Å²) in [4.78, 5) is 1.02. The second-order valence-electron chi connectivity index (χ2n) is 3.29. The average molecular weight is 240 g/mol. The van der Waals surface area contributed by atoms with Gasteiger partial charge in [0, 0.05) is 0 Å². The Labute approximate surface area is 96.9 Å². The topological polar surface area (TPSA) is 51.8 Å². The molecule has 0 aliphatic carbocycles. The summed E-state index contributed by atoms with van der Waals surface area (Å²) in [6, 6.07) is 3.80. The lowest BCUT2D eigenvalue weighted by molar-refractivity contribution is 1.02. The smallest absolute Gasteiger partial charge is 0.149 e. The van der Waals surface area contributed by atoms with Crippen LogP contribution in [-0.4, -0.2) is 10.2 Å². The average Bonchev–Trinajstić information content (AvgIpc) is 2.61. The van der Waals surface area contributed by atoms with Crippen LogP contribution >= 0.6 is 22.9 Å². The van der Waals surface area contributed by atoms with Gasteiger partial charge in [0.1, 0.15) is 11.5 Å². The lowest BCUT2D eigenvalue weighted by Gasteiger charge is -2.06. The minimum Gasteiger partial charge on any atom is -0.382 e. The van der Waals surface area contributed by atoms with Gasteiger partial charge in [-0.1, -0.05) is 11.6 Å². The Morgan fingerprint density at radius 3 is 2.53 bits per heavy atom. The van der Waals surface area contributed by atoms with Crippen LogP contribution in [-0.2, 0) is 0 Å². The highest BCUT2D eigenvalue weighted by molar-refractivity contribution is 7.19. The summed E-state index contributed by atoms with van der Waals surface area (Å²) in [5.41, 5.74) is 8.57. The summed E-state index contributed by atoms with van der Waals surface area (Å²) in [5, 5.41) is 8.02. The van der Waals surface area contributed by atoms with Crippen molar-refractivity contribution in [3.63, 3.8) is 0 Å². The molecule has 2 N–H and O–H groups in total. The van der Waals surface area contributed by atoms with Gasteiger partial charge in [-0.25, -0.2) is 0 Å². The Morgan fingerprint density at radius 2 is 1.93 bits per heavy atom. The van der Waals surface area contributed by atoms with Gasteiger partial charge in [0.05, 0.1) is 9.21 Å². The van der Waals surface area contributed by atoms with Gasteiger partial charge < -0.3 is 5.73 Å². The molecule has 78 valence electrons. The Morgan fingerprint density at radius 1 is 1.20 bits per heavy atom. The minimum atomic E-state index is 0.485. The molecule has 0 radical (unpaired) electrons. The first-order valence-electron chi connectivity index (χ1n) is 4.44. The van der Waals surface area contributed by atoms with Crippen molar-refractivity contribution in [1.82, 2.24) is 10.2 Å². The van der Waals surface area contributed by atoms with E-state index in [2.05, 4.69) is 10.2 Å². The fraction of sp³-hybridized carbons (Fsp3) is 0.200. The number of rotatable bonds is 1. The standard InChI is InChI=1S/C10H10ClN3S/c1-5-6(2)10(12)14-13-9(5)7-3-4-8(11)15-7/h3-4H,1-2H3,(H2,12,14). The Hall–Kier alpha value is -1.13. The van der Waals surface area contributed by atoms with Crippen LogP contribution in [0.3, 0.4) is 0 Å². The number of nitrogen functional groups attached to an aromatic ring is 1. The molecule has 0 fully saturated rings. The molecule has 0 aliphatic heterocycles. The van der Waals surface area contributed by atoms with E-state index in [1.54, 1.807) is 0 Å². The molecule has 0 saturated heterocycles. The summed E-state index contributed by atoms with van der Waals surface area (Å²) in [5.74, 6) is 0.485. The molecule has 0 aromatic carbocycles. The van der Waals surface area contributed by atoms with E-state index in [0.717, 1.165) is 26.0 Å². The largest absolute Gasteiger partial charge is 0.382 e. The zero-order valence-electron chi connectivity index (χ0n) is 8.41. The first-order valence-corrected chi connectivity index (χ1v) is 5.64. The molecule has 2 heterocycles. The highest BCUT2D eigenvalue weighted by Crippen LogP contribution is 2.32. The number of nitrogens with two attached hydrogens (primary N) is 1. The van der Waals surface area contributed by atoms with Crippen LogP contribution < -0.4 is 5.73 Å². The number of aromatic nitrogens is 2. The molecule has 0 spiro atoms. The number of hydrogen-bond acceptors (Lipinski definition) is 4. The highest BCUT2D eigenvalue weighted by atomic mass is 35.5. The molecule has 0 bridgehead atoms. The van der Waals surface area contributed by atoms with Gasteiger partial charge in [0.25, 0.3) is 0 Å². The van der Waals surface area contributed by atoms with Gasteiger partial charge in [-0.15, -0.1) is 21.5 Å². The third-order valence-electron chi connectivity index (χ3n) is 2.37. The molecule has 15 heavy (non-hydrogen) atoms. The lowest BCUT2D eigenvalue weighted by atomic mass is 10.1. The quantitative estimate of drug-likeness (QED) is 0.832. The number of anilines is 1. The van der Waals surface area contributed by atoms with Crippen molar-refractivity contribution in [1.29, 1.82) is 0 Å². The zero-order chi connectivity index (χ0) is 11.0. The van der Waals surface area contributed by atoms with Gasteiger partial charge >= 0.3 is 0 Å². The first-order chi connectivity index (χ1) is 7.09. The monoisotopic (exact) mass is 239 g/mol. The number of halogens is 1. The van der Waals surface area contributed by atoms with Crippen molar-refractivity contribution in [2.45, 2.75) is 13.8 Å². The van der Waals surface area contributed by atoms with E-state index >= 15 is 0 Å². The lowest BCUT2D eigenvalue weighted by Crippen LogP contribution is -2.01. The fourth-order valence-corrected chi connectivity index (χ4v) is 2.38. The molecule has 0 aliphatic rings. The van der Waals surface area contributed by atoms with Crippen molar-refractivity contribution in [2.75, 3.05) is 5.73 Å². The normalized spacial score (nSPS) is 10.6. The van der Waals surface area contributed by atoms with Crippen LogP contribution in [0.1, 0.15) is 11.1 Å². The van der Waals surface area contributed by atoms with Crippen molar-refractivity contribution in [3.05, 3.63) is 27.6 Å². The van der Waals surface area contributed by atoms with Crippen LogP contribution in [0.25, 0.3) is 10.6 Å². The maximum absolute atomic E-state index is 5.88. The van der Waals surface area contributed by atoms with E-state index < -0.39 is 0 Å². The second kappa shape index (κ2) is 3.79. The summed E-state index contributed by atoms with van der Waals surface area (Å²) < 4.78 is 0.751. The van der Waals surface area contributed by atoms with E-state index in [-0.39, 0.29) is 0 Å². The number of hydrogen-bond donors (Lipinski definition) is 1. The molecule has 0 unspecified atom stereocenters. The van der Waals surface area contributed by atoms with E-state index in [1.165, 1.54) is 11.3 Å². The van der Waals surface area contributed by atoms with Gasteiger partial charge in [0.15, 0.2) is 0 Å². The van der Waals surface area contributed by atoms with Crippen molar-refractivity contribution < 1.29 is 0 Å². The van der Waals surface area contributed by atoms with Crippen molar-refractivity contribution in [2.24, 2.45) is 0 Å². The predicted molar refractivity (Wildman–Crippen MR) is 64.2 cm³/mol. The van der Waals surface area contributed by atoms with Crippen LogP contribution in [0.2, 0.25) is 4.34 Å². The fourth-order valence-electron chi connectivity index (χ4n) is 1.30. The maximum atomic E-state index is 5.88. The third-order valence-corrected chi connectivity index (χ3v) is 3.60. The van der Waals surface area contributed by atoms with Gasteiger partial charge in [0.2, 0.25) is 0 Å². The van der Waals surface area contributed by atoms with Crippen LogP contribution in [0.15, 0.2) is 12.1 Å². The van der Waals surface area contributed by atoms with Crippen LogP contribution in [0.4, 0.5) is 5.82 Å². The Balaban J connectivity index is 2.59. The molecule has 2 aromatic rings. The summed E-state index contributed by atoms with van der Waals surface area (Å²) in [6.07, 6.45) is 0. The molecule has 0 saturated carbocycles. The molecule has 2 aromatic heterocycles. The number of nitrogens with zero attached hydrogens (tertiary/aromatic N) is 2. The molecular weight excluding hydrogens is 230 g/mol. The minimum absolute atomic E-state index is 0.485. The van der Waals surface area contributed by atoms with E-state index in [9.17, 15) is 0 Å². The van der Waals surface area contributed by atoms with E-state index in [0.29, 0.717) is 5.82 Å². The van der Waals surface area contributed by atoms with Gasteiger partial charge in [-0.2, -0.15) is 0 Å². The Bertz CT molecular complexity index is 507. The molecule has 2 rings (SSSR count). The zero-order valence-corrected chi connectivity index (χ0v) is 9.99. The van der Waals surface area contributed by atoms with Crippen LogP contribution in [0, 0.1) is 13.8 Å². The maximum Gasteiger partial charge on any atom is 0.149 e. The van der Waals surface area contributed by atoms with E-state index in [1.807, 2.05) is 26.0 Å². The highest BCUT2D eigenvalue weighted by Gasteiger charge is 2.11. The summed E-state index contributed by atoms with van der Waals surface area (Å²) in [7, 11) is 0. The third kappa shape index (κ3) is 1.82. The first kappa shape index (κ1) is 10.4. The molecule has 0 amide bonds. The number of thiophene rings is 1. The van der Waals surface area contributed by atoms with Crippen molar-refractivity contribution in [3.8, 4) is 10.6 Å². The van der Waals surface area contributed by atoms with E-state index in [4.69, 9.17) is 17.3 Å². The Kier molecular flexibility index (Phi) is 2.63. The molecule has 5 heteroatoms. The SMILES string of the molecule is Cc1c(N)nnc(-c2ccc(Cl)s2)c1C. The molecule has 3 nitrogen and oxygen atoms in total. The summed E-state index contributed by atoms with van der Waals surface area (Å²) in [6.45, 7) is 3.93. The summed E-state index contributed by atoms with van der Waals surface area (Å²) >= 11 is 7.37. The molecular formula is C10H10ClN3S. The van der Waals surface area contributed by atoms with Crippen LogP contribution in [0.5, 0.6) is 0 Å². The predicted octanol–water partition coefficient (Wildman–Crippen LogP) is 3.06. The van der Waals surface area contributed by atoms with Gasteiger partial charge in [-0.05, 0) is 37.1 Å². The van der Waals surface area contributed by atoms with Gasteiger partial charge in [-0.3, -0.25) is 0 Å². The second-order valence-corrected chi connectivity index (χ2v) is 5.00.